The summed E-state index contributed by atoms with van der Waals surface area (Å²) in [6.45, 7) is 5.54. The van der Waals surface area contributed by atoms with E-state index in [0.29, 0.717) is 25.6 Å². The van der Waals surface area contributed by atoms with E-state index >= 15 is 0 Å². The van der Waals surface area contributed by atoms with Gasteiger partial charge in [-0.15, -0.1) is 0 Å². The average Bonchev–Trinajstić information content (AvgIpc) is 2.10. The van der Waals surface area contributed by atoms with E-state index in [1.807, 2.05) is 4.90 Å². The molecule has 0 radical (unpaired) electrons. The van der Waals surface area contributed by atoms with Crippen LogP contribution in [0, 0.1) is 5.92 Å². The standard InChI is InChI=1S/C10H21F3N2O/c1-9(2)7-15(4-3-14)5-6-16-8-10(11,12)13/h9H,3-8,14H2,1-2H3. The minimum Gasteiger partial charge on any atom is -0.371 e. The van der Waals surface area contributed by atoms with Crippen LogP contribution in [0.25, 0.3) is 0 Å². The average molecular weight is 242 g/mol. The van der Waals surface area contributed by atoms with Crippen molar-refractivity contribution in [3.05, 3.63) is 0 Å². The minimum atomic E-state index is -4.24. The van der Waals surface area contributed by atoms with Crippen molar-refractivity contribution in [2.45, 2.75) is 20.0 Å². The lowest BCUT2D eigenvalue weighted by Crippen LogP contribution is -2.35. The molecule has 0 saturated heterocycles. The molecule has 2 N–H and O–H groups in total. The Labute approximate surface area is 94.7 Å². The molecular formula is C10H21F3N2O. The van der Waals surface area contributed by atoms with Gasteiger partial charge in [-0.25, -0.2) is 0 Å². The Bertz CT molecular complexity index is 174. The molecule has 0 heterocycles. The van der Waals surface area contributed by atoms with Crippen molar-refractivity contribution in [1.82, 2.24) is 4.90 Å². The smallest absolute Gasteiger partial charge is 0.371 e. The molecule has 0 aliphatic rings. The number of rotatable bonds is 8. The van der Waals surface area contributed by atoms with E-state index in [-0.39, 0.29) is 6.61 Å². The molecule has 0 bridgehead atoms. The van der Waals surface area contributed by atoms with Crippen LogP contribution in [0.15, 0.2) is 0 Å². The minimum absolute atomic E-state index is 0.0895. The maximum absolute atomic E-state index is 11.8. The topological polar surface area (TPSA) is 38.5 Å². The predicted molar refractivity (Wildman–Crippen MR) is 57.2 cm³/mol. The zero-order chi connectivity index (χ0) is 12.6. The van der Waals surface area contributed by atoms with Crippen molar-refractivity contribution in [3.8, 4) is 0 Å². The highest BCUT2D eigenvalue weighted by molar-refractivity contribution is 4.60. The maximum atomic E-state index is 11.8. The number of hydrogen-bond donors (Lipinski definition) is 1. The fraction of sp³-hybridized carbons (Fsp3) is 1.00. The second-order valence-corrected chi connectivity index (χ2v) is 4.15. The second kappa shape index (κ2) is 7.86. The number of ether oxygens (including phenoxy) is 1. The summed E-state index contributed by atoms with van der Waals surface area (Å²) >= 11 is 0. The first-order valence-corrected chi connectivity index (χ1v) is 5.42. The Balaban J connectivity index is 3.67. The SMILES string of the molecule is CC(C)CN(CCN)CCOCC(F)(F)F. The Morgan fingerprint density at radius 1 is 1.25 bits per heavy atom. The summed E-state index contributed by atoms with van der Waals surface area (Å²) in [7, 11) is 0. The van der Waals surface area contributed by atoms with Crippen LogP contribution in [0.3, 0.4) is 0 Å². The summed E-state index contributed by atoms with van der Waals surface area (Å²) in [6.07, 6.45) is -4.24. The lowest BCUT2D eigenvalue weighted by Gasteiger charge is -2.23. The van der Waals surface area contributed by atoms with Gasteiger partial charge in [0.1, 0.15) is 6.61 Å². The van der Waals surface area contributed by atoms with Crippen LogP contribution in [0.2, 0.25) is 0 Å². The highest BCUT2D eigenvalue weighted by atomic mass is 19.4. The Morgan fingerprint density at radius 2 is 1.88 bits per heavy atom. The molecule has 0 aromatic rings. The largest absolute Gasteiger partial charge is 0.411 e. The molecule has 0 atom stereocenters. The van der Waals surface area contributed by atoms with E-state index in [4.69, 9.17) is 5.73 Å². The number of nitrogens with two attached hydrogens (primary N) is 1. The third-order valence-electron chi connectivity index (χ3n) is 1.89. The summed E-state index contributed by atoms with van der Waals surface area (Å²) < 4.78 is 39.9. The molecule has 98 valence electrons. The molecule has 3 nitrogen and oxygen atoms in total. The molecule has 0 aliphatic carbocycles. The predicted octanol–water partition coefficient (Wildman–Crippen LogP) is 1.48. The summed E-state index contributed by atoms with van der Waals surface area (Å²) in [4.78, 5) is 2.01. The molecule has 6 heteroatoms. The van der Waals surface area contributed by atoms with Gasteiger partial charge in [0.05, 0.1) is 6.61 Å². The Kier molecular flexibility index (Phi) is 7.70. The van der Waals surface area contributed by atoms with Gasteiger partial charge in [0.2, 0.25) is 0 Å². The van der Waals surface area contributed by atoms with Gasteiger partial charge < -0.3 is 10.5 Å². The summed E-state index contributed by atoms with van der Waals surface area (Å²) in [5.74, 6) is 0.467. The van der Waals surface area contributed by atoms with Crippen molar-refractivity contribution in [1.29, 1.82) is 0 Å². The van der Waals surface area contributed by atoms with Gasteiger partial charge in [-0.2, -0.15) is 13.2 Å². The lowest BCUT2D eigenvalue weighted by atomic mass is 10.2. The van der Waals surface area contributed by atoms with Gasteiger partial charge in [0, 0.05) is 26.2 Å². The molecule has 0 rings (SSSR count). The molecule has 0 saturated carbocycles. The van der Waals surface area contributed by atoms with E-state index in [2.05, 4.69) is 18.6 Å². The van der Waals surface area contributed by atoms with Gasteiger partial charge in [-0.1, -0.05) is 13.8 Å². The van der Waals surface area contributed by atoms with Gasteiger partial charge in [0.15, 0.2) is 0 Å². The summed E-state index contributed by atoms with van der Waals surface area (Å²) in [5, 5.41) is 0. The third kappa shape index (κ3) is 10.2. The Hall–Kier alpha value is -0.330. The Morgan fingerprint density at radius 3 is 2.31 bits per heavy atom. The quantitative estimate of drug-likeness (QED) is 0.655. The van der Waals surface area contributed by atoms with Crippen molar-refractivity contribution in [3.63, 3.8) is 0 Å². The van der Waals surface area contributed by atoms with Gasteiger partial charge in [-0.05, 0) is 5.92 Å². The number of alkyl halides is 3. The molecule has 0 aromatic carbocycles. The fourth-order valence-corrected chi connectivity index (χ4v) is 1.37. The number of halogens is 3. The highest BCUT2D eigenvalue weighted by Gasteiger charge is 2.27. The zero-order valence-electron chi connectivity index (χ0n) is 9.89. The van der Waals surface area contributed by atoms with Gasteiger partial charge >= 0.3 is 6.18 Å². The van der Waals surface area contributed by atoms with Crippen molar-refractivity contribution in [2.24, 2.45) is 11.7 Å². The van der Waals surface area contributed by atoms with Crippen molar-refractivity contribution in [2.75, 3.05) is 39.4 Å². The van der Waals surface area contributed by atoms with E-state index in [1.54, 1.807) is 0 Å². The van der Waals surface area contributed by atoms with Crippen LogP contribution in [0.4, 0.5) is 13.2 Å². The molecule has 0 unspecified atom stereocenters. The van der Waals surface area contributed by atoms with Crippen molar-refractivity contribution < 1.29 is 17.9 Å². The van der Waals surface area contributed by atoms with E-state index < -0.39 is 12.8 Å². The number of nitrogens with zero attached hydrogens (tertiary/aromatic N) is 1. The van der Waals surface area contributed by atoms with Gasteiger partial charge in [0.25, 0.3) is 0 Å². The van der Waals surface area contributed by atoms with Crippen LogP contribution in [-0.2, 0) is 4.74 Å². The summed E-state index contributed by atoms with van der Waals surface area (Å²) in [6, 6.07) is 0. The molecule has 0 fully saturated rings. The summed E-state index contributed by atoms with van der Waals surface area (Å²) in [5.41, 5.74) is 5.42. The van der Waals surface area contributed by atoms with E-state index in [9.17, 15) is 13.2 Å². The number of hydrogen-bond acceptors (Lipinski definition) is 3. The second-order valence-electron chi connectivity index (χ2n) is 4.15. The van der Waals surface area contributed by atoms with Crippen LogP contribution in [0.5, 0.6) is 0 Å². The normalized spacial score (nSPS) is 12.8. The van der Waals surface area contributed by atoms with Crippen molar-refractivity contribution >= 4 is 0 Å². The van der Waals surface area contributed by atoms with Crippen LogP contribution >= 0.6 is 0 Å². The lowest BCUT2D eigenvalue weighted by molar-refractivity contribution is -0.174. The first-order chi connectivity index (χ1) is 7.35. The first-order valence-electron chi connectivity index (χ1n) is 5.42. The van der Waals surface area contributed by atoms with E-state index in [0.717, 1.165) is 6.54 Å². The maximum Gasteiger partial charge on any atom is 0.411 e. The molecule has 0 aliphatic heterocycles. The van der Waals surface area contributed by atoms with Gasteiger partial charge in [-0.3, -0.25) is 4.90 Å². The fourth-order valence-electron chi connectivity index (χ4n) is 1.37. The van der Waals surface area contributed by atoms with Crippen LogP contribution in [-0.4, -0.2) is 50.5 Å². The van der Waals surface area contributed by atoms with E-state index in [1.165, 1.54) is 0 Å². The third-order valence-corrected chi connectivity index (χ3v) is 1.89. The van der Waals surface area contributed by atoms with Crippen LogP contribution < -0.4 is 5.73 Å². The molecule has 0 aromatic heterocycles. The molecule has 16 heavy (non-hydrogen) atoms. The highest BCUT2D eigenvalue weighted by Crippen LogP contribution is 2.14. The molecular weight excluding hydrogens is 221 g/mol. The molecule has 0 amide bonds. The molecule has 0 spiro atoms. The monoisotopic (exact) mass is 242 g/mol. The van der Waals surface area contributed by atoms with Crippen LogP contribution in [0.1, 0.15) is 13.8 Å². The zero-order valence-corrected chi connectivity index (χ0v) is 9.89. The first kappa shape index (κ1) is 15.7.